The fourth-order valence-electron chi connectivity index (χ4n) is 4.17. The van der Waals surface area contributed by atoms with Gasteiger partial charge in [-0.15, -0.1) is 9.78 Å². The van der Waals surface area contributed by atoms with Crippen LogP contribution in [0, 0.1) is 5.41 Å². The van der Waals surface area contributed by atoms with E-state index >= 15 is 0 Å². The summed E-state index contributed by atoms with van der Waals surface area (Å²) >= 11 is 0. The number of Topliss-reactive ketones (excluding diaryl/α,β-unsaturated/α-hetero) is 1. The Morgan fingerprint density at radius 1 is 1.22 bits per heavy atom. The second kappa shape index (κ2) is 9.55. The molecule has 0 saturated carbocycles. The van der Waals surface area contributed by atoms with Gasteiger partial charge in [-0.25, -0.2) is 14.8 Å². The third-order valence-electron chi connectivity index (χ3n) is 5.93. The lowest BCUT2D eigenvalue weighted by atomic mass is 9.87. The Morgan fingerprint density at radius 2 is 1.97 bits per heavy atom. The van der Waals surface area contributed by atoms with Gasteiger partial charge in [-0.1, -0.05) is 24.3 Å². The van der Waals surface area contributed by atoms with Crippen LogP contribution in [-0.4, -0.2) is 43.1 Å². The minimum Gasteiger partial charge on any atom is -0.466 e. The largest absolute Gasteiger partial charge is 0.466 e. The molecule has 0 spiro atoms. The highest BCUT2D eigenvalue weighted by atomic mass is 16.7. The SMILES string of the molecule is CC(=O)c1cc(C(Cc2ccc(C(=N)N)cc2)c2nn(-c3ncccn3)c(=O)[nH]2)cc2c1OCOC2. The van der Waals surface area contributed by atoms with E-state index in [0.717, 1.165) is 21.4 Å². The van der Waals surface area contributed by atoms with Gasteiger partial charge in [0, 0.05) is 29.4 Å². The zero-order chi connectivity index (χ0) is 25.2. The number of ketones is 1. The summed E-state index contributed by atoms with van der Waals surface area (Å²) in [7, 11) is 0. The fourth-order valence-corrected chi connectivity index (χ4v) is 4.17. The molecule has 0 fully saturated rings. The molecule has 2 aromatic carbocycles. The van der Waals surface area contributed by atoms with Crippen LogP contribution in [0.3, 0.4) is 0 Å². The molecule has 1 unspecified atom stereocenters. The van der Waals surface area contributed by atoms with Crippen molar-refractivity contribution in [3.8, 4) is 11.7 Å². The number of nitrogens with two attached hydrogens (primary N) is 1. The number of carbonyl (C=O) groups is 1. The first-order valence-corrected chi connectivity index (χ1v) is 11.2. The van der Waals surface area contributed by atoms with Crippen LogP contribution in [-0.2, 0) is 17.8 Å². The molecule has 2 aromatic heterocycles. The summed E-state index contributed by atoms with van der Waals surface area (Å²) in [5.41, 5.74) is 8.59. The van der Waals surface area contributed by atoms with E-state index < -0.39 is 11.6 Å². The average Bonchev–Trinajstić information content (AvgIpc) is 3.28. The van der Waals surface area contributed by atoms with Gasteiger partial charge in [0.05, 0.1) is 12.2 Å². The van der Waals surface area contributed by atoms with Crippen LogP contribution >= 0.6 is 0 Å². The molecule has 36 heavy (non-hydrogen) atoms. The van der Waals surface area contributed by atoms with E-state index in [2.05, 4.69) is 20.1 Å². The number of carbonyl (C=O) groups excluding carboxylic acids is 1. The van der Waals surface area contributed by atoms with E-state index in [1.165, 1.54) is 19.3 Å². The molecule has 1 aliphatic heterocycles. The lowest BCUT2D eigenvalue weighted by Gasteiger charge is -2.23. The highest BCUT2D eigenvalue weighted by Gasteiger charge is 2.26. The maximum absolute atomic E-state index is 12.8. The number of hydrogen-bond donors (Lipinski definition) is 3. The van der Waals surface area contributed by atoms with Crippen LogP contribution < -0.4 is 16.2 Å². The lowest BCUT2D eigenvalue weighted by Crippen LogP contribution is -2.18. The topological polar surface area (TPSA) is 162 Å². The van der Waals surface area contributed by atoms with Crippen LogP contribution in [0.2, 0.25) is 0 Å². The van der Waals surface area contributed by atoms with Gasteiger partial charge in [0.2, 0.25) is 0 Å². The molecule has 0 aliphatic carbocycles. The van der Waals surface area contributed by atoms with Crippen molar-refractivity contribution in [2.45, 2.75) is 25.9 Å². The molecule has 182 valence electrons. The van der Waals surface area contributed by atoms with Crippen molar-refractivity contribution in [2.24, 2.45) is 5.73 Å². The average molecular weight is 486 g/mol. The van der Waals surface area contributed by atoms with Gasteiger partial charge in [0.1, 0.15) is 17.4 Å². The van der Waals surface area contributed by atoms with Crippen LogP contribution in [0.25, 0.3) is 5.95 Å². The van der Waals surface area contributed by atoms with Crippen LogP contribution in [0.15, 0.2) is 59.7 Å². The highest BCUT2D eigenvalue weighted by molar-refractivity contribution is 5.97. The third kappa shape index (κ3) is 4.51. The monoisotopic (exact) mass is 485 g/mol. The van der Waals surface area contributed by atoms with Gasteiger partial charge in [0.15, 0.2) is 12.6 Å². The molecule has 1 aliphatic rings. The number of H-pyrrole nitrogens is 1. The second-order valence-corrected chi connectivity index (χ2v) is 8.37. The molecule has 11 nitrogen and oxygen atoms in total. The van der Waals surface area contributed by atoms with Crippen molar-refractivity contribution < 1.29 is 14.3 Å². The maximum Gasteiger partial charge on any atom is 0.350 e. The smallest absolute Gasteiger partial charge is 0.350 e. The number of amidine groups is 1. The first kappa shape index (κ1) is 23.1. The number of aromatic amines is 1. The van der Waals surface area contributed by atoms with Gasteiger partial charge < -0.3 is 15.2 Å². The molecule has 0 bridgehead atoms. The third-order valence-corrected chi connectivity index (χ3v) is 5.93. The summed E-state index contributed by atoms with van der Waals surface area (Å²) < 4.78 is 12.2. The summed E-state index contributed by atoms with van der Waals surface area (Å²) in [5.74, 6) is 0.442. The summed E-state index contributed by atoms with van der Waals surface area (Å²) in [6.45, 7) is 1.86. The standard InChI is InChI=1S/C25H23N7O4/c1-14(33)19-11-17(10-18-12-35-13-36-21(18)19)20(9-15-3-5-16(6-4-15)22(26)27)23-30-25(34)32(31-23)24-28-7-2-8-29-24/h2-8,10-11,20H,9,12-13H2,1H3,(H3,26,27)(H,30,31,34). The lowest BCUT2D eigenvalue weighted by molar-refractivity contribution is -0.0168. The maximum atomic E-state index is 12.8. The van der Waals surface area contributed by atoms with Crippen molar-refractivity contribution in [3.05, 3.63) is 99.0 Å². The predicted molar refractivity (Wildman–Crippen MR) is 130 cm³/mol. The fraction of sp³-hybridized carbons (Fsp3) is 0.200. The molecule has 3 heterocycles. The summed E-state index contributed by atoms with van der Waals surface area (Å²) in [6.07, 6.45) is 3.50. The van der Waals surface area contributed by atoms with Crippen LogP contribution in [0.5, 0.6) is 5.75 Å². The van der Waals surface area contributed by atoms with Crippen molar-refractivity contribution in [1.82, 2.24) is 24.7 Å². The molecular weight excluding hydrogens is 462 g/mol. The number of hydrogen-bond acceptors (Lipinski definition) is 8. The molecule has 4 N–H and O–H groups in total. The molecule has 11 heteroatoms. The van der Waals surface area contributed by atoms with Crippen molar-refractivity contribution in [3.63, 3.8) is 0 Å². The number of aromatic nitrogens is 5. The van der Waals surface area contributed by atoms with Gasteiger partial charge in [0.25, 0.3) is 5.95 Å². The molecular formula is C25H23N7O4. The molecule has 0 amide bonds. The van der Waals surface area contributed by atoms with E-state index in [-0.39, 0.29) is 24.4 Å². The molecule has 1 atom stereocenters. The minimum absolute atomic E-state index is 0.0233. The van der Waals surface area contributed by atoms with Crippen LogP contribution in [0.1, 0.15) is 51.3 Å². The van der Waals surface area contributed by atoms with E-state index in [1.54, 1.807) is 24.3 Å². The van der Waals surface area contributed by atoms with Crippen molar-refractivity contribution >= 4 is 11.6 Å². The number of benzene rings is 2. The zero-order valence-corrected chi connectivity index (χ0v) is 19.4. The summed E-state index contributed by atoms with van der Waals surface area (Å²) in [4.78, 5) is 36.3. The Balaban J connectivity index is 1.63. The number of ether oxygens (including phenoxy) is 2. The normalized spacial score (nSPS) is 13.5. The van der Waals surface area contributed by atoms with Crippen molar-refractivity contribution in [1.29, 1.82) is 5.41 Å². The minimum atomic E-state index is -0.482. The van der Waals surface area contributed by atoms with Gasteiger partial charge in [-0.2, -0.15) is 0 Å². The van der Waals surface area contributed by atoms with Crippen molar-refractivity contribution in [2.75, 3.05) is 6.79 Å². The number of nitrogen functional groups attached to an aromatic ring is 1. The summed E-state index contributed by atoms with van der Waals surface area (Å²) in [6, 6.07) is 12.6. The van der Waals surface area contributed by atoms with E-state index in [1.807, 2.05) is 18.2 Å². The highest BCUT2D eigenvalue weighted by Crippen LogP contribution is 2.35. The predicted octanol–water partition coefficient (Wildman–Crippen LogP) is 2.08. The van der Waals surface area contributed by atoms with Crippen LogP contribution in [0.4, 0.5) is 0 Å². The number of nitrogens with one attached hydrogen (secondary N) is 2. The first-order valence-electron chi connectivity index (χ1n) is 11.2. The zero-order valence-electron chi connectivity index (χ0n) is 19.4. The Labute approximate surface area is 205 Å². The molecule has 0 saturated heterocycles. The molecule has 5 rings (SSSR count). The first-order chi connectivity index (χ1) is 17.4. The van der Waals surface area contributed by atoms with E-state index in [0.29, 0.717) is 35.7 Å². The van der Waals surface area contributed by atoms with Gasteiger partial charge in [-0.3, -0.25) is 15.2 Å². The number of rotatable bonds is 7. The van der Waals surface area contributed by atoms with Gasteiger partial charge >= 0.3 is 5.69 Å². The Bertz CT molecular complexity index is 1490. The van der Waals surface area contributed by atoms with E-state index in [9.17, 15) is 9.59 Å². The molecule has 0 radical (unpaired) electrons. The second-order valence-electron chi connectivity index (χ2n) is 8.37. The number of fused-ring (bicyclic) bond motifs is 1. The Hall–Kier alpha value is -4.64. The summed E-state index contributed by atoms with van der Waals surface area (Å²) in [5, 5.41) is 12.1. The molecule has 4 aromatic rings. The Morgan fingerprint density at radius 3 is 2.67 bits per heavy atom. The Kier molecular flexibility index (Phi) is 6.13. The number of nitrogens with zero attached hydrogens (tertiary/aromatic N) is 4. The van der Waals surface area contributed by atoms with E-state index in [4.69, 9.17) is 20.6 Å². The quantitative estimate of drug-likeness (QED) is 0.204. The van der Waals surface area contributed by atoms with Gasteiger partial charge in [-0.05, 0) is 42.7 Å².